The molecule has 0 saturated heterocycles. The molecule has 0 spiro atoms. The summed E-state index contributed by atoms with van der Waals surface area (Å²) in [4.78, 5) is 16.5. The number of hydrogen-bond donors (Lipinski definition) is 1. The minimum Gasteiger partial charge on any atom is -0.322 e. The molecule has 1 atom stereocenters. The van der Waals surface area contributed by atoms with Gasteiger partial charge in [-0.25, -0.2) is 0 Å². The fourth-order valence-corrected chi connectivity index (χ4v) is 3.27. The van der Waals surface area contributed by atoms with Crippen LogP contribution in [0.2, 0.25) is 0 Å². The smallest absolute Gasteiger partial charge is 0.255 e. The molecule has 2 aromatic heterocycles. The number of benzene rings is 1. The molecule has 2 heterocycles. The Morgan fingerprint density at radius 3 is 2.84 bits per heavy atom. The van der Waals surface area contributed by atoms with E-state index in [9.17, 15) is 4.79 Å². The van der Waals surface area contributed by atoms with Crippen molar-refractivity contribution in [3.05, 3.63) is 65.7 Å². The van der Waals surface area contributed by atoms with Crippen molar-refractivity contribution in [2.75, 3.05) is 5.32 Å². The summed E-state index contributed by atoms with van der Waals surface area (Å²) in [5.41, 5.74) is 3.29. The topological polar surface area (TPSA) is 72.7 Å². The monoisotopic (exact) mass is 353 g/mol. The molecule has 7 heteroatoms. The molecule has 0 radical (unpaired) electrons. The maximum atomic E-state index is 12.4. The Balaban J connectivity index is 1.73. The van der Waals surface area contributed by atoms with Gasteiger partial charge in [0.15, 0.2) is 5.16 Å². The first kappa shape index (κ1) is 17.2. The van der Waals surface area contributed by atoms with Crippen LogP contribution in [0.15, 0.2) is 54.1 Å². The minimum absolute atomic E-state index is 0.142. The Hall–Kier alpha value is -2.67. The number of nitrogens with one attached hydrogen (secondary N) is 1. The van der Waals surface area contributed by atoms with E-state index in [2.05, 4.69) is 27.4 Å². The van der Waals surface area contributed by atoms with Crippen molar-refractivity contribution in [1.82, 2.24) is 19.7 Å². The zero-order valence-corrected chi connectivity index (χ0v) is 15.1. The maximum Gasteiger partial charge on any atom is 0.255 e. The van der Waals surface area contributed by atoms with Crippen LogP contribution in [0, 0.1) is 6.92 Å². The van der Waals surface area contributed by atoms with Gasteiger partial charge in [-0.15, -0.1) is 10.2 Å². The van der Waals surface area contributed by atoms with E-state index in [0.29, 0.717) is 5.56 Å². The van der Waals surface area contributed by atoms with Crippen LogP contribution in [0.5, 0.6) is 0 Å². The Labute approximate surface area is 150 Å². The van der Waals surface area contributed by atoms with Gasteiger partial charge >= 0.3 is 0 Å². The summed E-state index contributed by atoms with van der Waals surface area (Å²) in [6.07, 6.45) is 3.32. The average molecular weight is 353 g/mol. The summed E-state index contributed by atoms with van der Waals surface area (Å²) in [5, 5.41) is 12.0. The second kappa shape index (κ2) is 7.48. The molecular weight excluding hydrogens is 334 g/mol. The highest BCUT2D eigenvalue weighted by Gasteiger charge is 2.13. The second-order valence-corrected chi connectivity index (χ2v) is 7.06. The van der Waals surface area contributed by atoms with Crippen LogP contribution in [0.3, 0.4) is 0 Å². The first-order chi connectivity index (χ1) is 12.0. The molecular formula is C18H19N5OS. The van der Waals surface area contributed by atoms with E-state index in [-0.39, 0.29) is 11.2 Å². The lowest BCUT2D eigenvalue weighted by molar-refractivity contribution is 0.102. The second-order valence-electron chi connectivity index (χ2n) is 5.75. The third kappa shape index (κ3) is 4.24. The number of aryl methyl sites for hydroxylation is 2. The normalized spacial score (nSPS) is 12.0. The van der Waals surface area contributed by atoms with Gasteiger partial charge in [0.05, 0.1) is 0 Å². The van der Waals surface area contributed by atoms with Crippen LogP contribution >= 0.6 is 11.8 Å². The van der Waals surface area contributed by atoms with Crippen LogP contribution < -0.4 is 5.32 Å². The van der Waals surface area contributed by atoms with Gasteiger partial charge in [-0.2, -0.15) is 0 Å². The number of thioether (sulfide) groups is 1. The van der Waals surface area contributed by atoms with Gasteiger partial charge in [0.1, 0.15) is 6.33 Å². The van der Waals surface area contributed by atoms with E-state index in [0.717, 1.165) is 22.1 Å². The van der Waals surface area contributed by atoms with Crippen LogP contribution in [0.1, 0.15) is 33.8 Å². The first-order valence-corrected chi connectivity index (χ1v) is 8.75. The third-order valence-electron chi connectivity index (χ3n) is 3.72. The molecule has 0 aliphatic rings. The summed E-state index contributed by atoms with van der Waals surface area (Å²) in [6, 6.07) is 11.3. The molecule has 128 valence electrons. The van der Waals surface area contributed by atoms with Gasteiger partial charge in [-0.1, -0.05) is 23.9 Å². The van der Waals surface area contributed by atoms with Gasteiger partial charge in [0.2, 0.25) is 0 Å². The Kier molecular flexibility index (Phi) is 5.14. The van der Waals surface area contributed by atoms with Crippen molar-refractivity contribution in [1.29, 1.82) is 0 Å². The van der Waals surface area contributed by atoms with Crippen molar-refractivity contribution in [2.24, 2.45) is 7.05 Å². The average Bonchev–Trinajstić information content (AvgIpc) is 3.00. The van der Waals surface area contributed by atoms with E-state index in [1.807, 2.05) is 42.8 Å². The van der Waals surface area contributed by atoms with Crippen LogP contribution in [0.4, 0.5) is 5.69 Å². The SMILES string of the molecule is Cc1cc(C(=O)Nc2cccc(C(C)Sc3nncn3C)c2)ccn1. The molecule has 3 aromatic rings. The van der Waals surface area contributed by atoms with Crippen LogP contribution in [0.25, 0.3) is 0 Å². The molecule has 6 nitrogen and oxygen atoms in total. The predicted octanol–water partition coefficient (Wildman–Crippen LogP) is 3.62. The molecule has 0 aliphatic heterocycles. The summed E-state index contributed by atoms with van der Waals surface area (Å²) in [6.45, 7) is 3.97. The first-order valence-electron chi connectivity index (χ1n) is 7.87. The summed E-state index contributed by atoms with van der Waals surface area (Å²) >= 11 is 1.62. The lowest BCUT2D eigenvalue weighted by Crippen LogP contribution is -2.12. The third-order valence-corrected chi connectivity index (χ3v) is 4.93. The van der Waals surface area contributed by atoms with E-state index in [1.165, 1.54) is 0 Å². The molecule has 25 heavy (non-hydrogen) atoms. The molecule has 1 unspecified atom stereocenters. The highest BCUT2D eigenvalue weighted by molar-refractivity contribution is 7.99. The number of carbonyl (C=O) groups is 1. The van der Waals surface area contributed by atoms with E-state index < -0.39 is 0 Å². The Morgan fingerprint density at radius 1 is 1.28 bits per heavy atom. The highest BCUT2D eigenvalue weighted by Crippen LogP contribution is 2.34. The zero-order valence-electron chi connectivity index (χ0n) is 14.3. The van der Waals surface area contributed by atoms with Gasteiger partial charge < -0.3 is 9.88 Å². The molecule has 3 rings (SSSR count). The minimum atomic E-state index is -0.142. The number of carbonyl (C=O) groups excluding carboxylic acids is 1. The highest BCUT2D eigenvalue weighted by atomic mass is 32.2. The van der Waals surface area contributed by atoms with Gasteiger partial charge in [-0.05, 0) is 43.7 Å². The maximum absolute atomic E-state index is 12.4. The summed E-state index contributed by atoms with van der Waals surface area (Å²) in [7, 11) is 1.92. The fourth-order valence-electron chi connectivity index (χ4n) is 2.36. The molecule has 1 aromatic carbocycles. The van der Waals surface area contributed by atoms with E-state index in [4.69, 9.17) is 0 Å². The summed E-state index contributed by atoms with van der Waals surface area (Å²) in [5.74, 6) is -0.142. The zero-order chi connectivity index (χ0) is 17.8. The number of pyridine rings is 1. The number of anilines is 1. The quantitative estimate of drug-likeness (QED) is 0.709. The van der Waals surface area contributed by atoms with E-state index >= 15 is 0 Å². The van der Waals surface area contributed by atoms with E-state index in [1.54, 1.807) is 36.4 Å². The lowest BCUT2D eigenvalue weighted by Gasteiger charge is -2.13. The van der Waals surface area contributed by atoms with Gasteiger partial charge in [-0.3, -0.25) is 9.78 Å². The predicted molar refractivity (Wildman–Crippen MR) is 98.6 cm³/mol. The number of aromatic nitrogens is 4. The van der Waals surface area contributed by atoms with Crippen LogP contribution in [-0.4, -0.2) is 25.7 Å². The number of amides is 1. The lowest BCUT2D eigenvalue weighted by atomic mass is 10.1. The molecule has 1 amide bonds. The molecule has 0 saturated carbocycles. The molecule has 0 fully saturated rings. The van der Waals surface area contributed by atoms with Crippen molar-refractivity contribution < 1.29 is 4.79 Å². The summed E-state index contributed by atoms with van der Waals surface area (Å²) < 4.78 is 1.89. The van der Waals surface area contributed by atoms with Crippen molar-refractivity contribution in [3.8, 4) is 0 Å². The fraction of sp³-hybridized carbons (Fsp3) is 0.222. The van der Waals surface area contributed by atoms with Crippen molar-refractivity contribution >= 4 is 23.4 Å². The molecule has 0 bridgehead atoms. The van der Waals surface area contributed by atoms with Crippen LogP contribution in [-0.2, 0) is 7.05 Å². The Bertz CT molecular complexity index is 892. The molecule has 0 aliphatic carbocycles. The standard InChI is InChI=1S/C18H19N5OS/c1-12-9-15(7-8-19-12)17(24)21-16-6-4-5-14(10-16)13(2)25-18-22-20-11-23(18)3/h4-11,13H,1-3H3,(H,21,24). The number of rotatable bonds is 5. The van der Waals surface area contributed by atoms with Gasteiger partial charge in [0.25, 0.3) is 5.91 Å². The van der Waals surface area contributed by atoms with Crippen molar-refractivity contribution in [3.63, 3.8) is 0 Å². The van der Waals surface area contributed by atoms with Gasteiger partial charge in [0, 0.05) is 35.4 Å². The van der Waals surface area contributed by atoms with Crippen molar-refractivity contribution in [2.45, 2.75) is 24.3 Å². The number of hydrogen-bond acceptors (Lipinski definition) is 5. The number of nitrogens with zero attached hydrogens (tertiary/aromatic N) is 4. The molecule has 1 N–H and O–H groups in total. The Morgan fingerprint density at radius 2 is 2.12 bits per heavy atom. The largest absolute Gasteiger partial charge is 0.322 e.